The van der Waals surface area contributed by atoms with E-state index >= 15 is 0 Å². The summed E-state index contributed by atoms with van der Waals surface area (Å²) in [7, 11) is 0. The monoisotopic (exact) mass is 257 g/mol. The molecule has 1 aromatic carbocycles. The molecule has 1 N–H and O–H groups in total. The molecule has 0 spiro atoms. The second-order valence-electron chi connectivity index (χ2n) is 3.33. The first-order valence-corrected chi connectivity index (χ1v) is 6.46. The van der Waals surface area contributed by atoms with Crippen LogP contribution < -0.4 is 5.32 Å². The highest BCUT2D eigenvalue weighted by molar-refractivity contribution is 7.99. The van der Waals surface area contributed by atoms with Gasteiger partial charge in [0.05, 0.1) is 17.9 Å². The van der Waals surface area contributed by atoms with Crippen LogP contribution in [-0.4, -0.2) is 24.9 Å². The van der Waals surface area contributed by atoms with E-state index in [4.69, 9.17) is 16.3 Å². The van der Waals surface area contributed by atoms with Gasteiger partial charge in [-0.2, -0.15) is 0 Å². The molecule has 1 heterocycles. The Morgan fingerprint density at radius 2 is 2.44 bits per heavy atom. The summed E-state index contributed by atoms with van der Waals surface area (Å²) in [5.74, 6) is 0.638. The van der Waals surface area contributed by atoms with Gasteiger partial charge in [-0.15, -0.1) is 11.8 Å². The Morgan fingerprint density at radius 1 is 1.62 bits per heavy atom. The molecule has 0 amide bonds. The maximum atomic E-state index is 11.7. The Hall–Kier alpha value is -0.870. The fraction of sp³-hybridized carbons (Fsp3) is 0.364. The van der Waals surface area contributed by atoms with Gasteiger partial charge in [-0.1, -0.05) is 11.6 Å². The Balaban J connectivity index is 2.43. The third-order valence-electron chi connectivity index (χ3n) is 2.21. The van der Waals surface area contributed by atoms with Gasteiger partial charge in [0.25, 0.3) is 0 Å². The highest BCUT2D eigenvalue weighted by Crippen LogP contribution is 2.36. The number of benzene rings is 1. The van der Waals surface area contributed by atoms with Gasteiger partial charge in [-0.25, -0.2) is 4.79 Å². The van der Waals surface area contributed by atoms with Crippen molar-refractivity contribution in [2.75, 3.05) is 24.2 Å². The molecule has 0 unspecified atom stereocenters. The van der Waals surface area contributed by atoms with Crippen molar-refractivity contribution in [2.24, 2.45) is 0 Å². The summed E-state index contributed by atoms with van der Waals surface area (Å²) >= 11 is 7.63. The number of thioether (sulfide) groups is 1. The van der Waals surface area contributed by atoms with Crippen molar-refractivity contribution >= 4 is 35.0 Å². The van der Waals surface area contributed by atoms with E-state index in [1.807, 2.05) is 6.07 Å². The van der Waals surface area contributed by atoms with E-state index in [1.54, 1.807) is 24.8 Å². The summed E-state index contributed by atoms with van der Waals surface area (Å²) in [6.07, 6.45) is 0. The third kappa shape index (κ3) is 2.28. The van der Waals surface area contributed by atoms with E-state index in [1.165, 1.54) is 0 Å². The summed E-state index contributed by atoms with van der Waals surface area (Å²) in [5.41, 5.74) is 1.48. The first-order chi connectivity index (χ1) is 7.72. The SMILES string of the molecule is CCOC(=O)c1cc(Cl)cc2c1SCCN2. The van der Waals surface area contributed by atoms with E-state index in [-0.39, 0.29) is 5.97 Å². The van der Waals surface area contributed by atoms with Crippen molar-refractivity contribution in [2.45, 2.75) is 11.8 Å². The van der Waals surface area contributed by atoms with Gasteiger partial charge >= 0.3 is 5.97 Å². The van der Waals surface area contributed by atoms with E-state index in [9.17, 15) is 4.79 Å². The smallest absolute Gasteiger partial charge is 0.339 e. The van der Waals surface area contributed by atoms with Crippen LogP contribution >= 0.6 is 23.4 Å². The number of halogens is 1. The number of fused-ring (bicyclic) bond motifs is 1. The zero-order valence-corrected chi connectivity index (χ0v) is 10.5. The molecular weight excluding hydrogens is 246 g/mol. The first-order valence-electron chi connectivity index (χ1n) is 5.09. The largest absolute Gasteiger partial charge is 0.462 e. The van der Waals surface area contributed by atoms with Crippen LogP contribution in [0.3, 0.4) is 0 Å². The van der Waals surface area contributed by atoms with E-state index in [2.05, 4.69) is 5.32 Å². The number of ether oxygens (including phenoxy) is 1. The maximum absolute atomic E-state index is 11.7. The minimum atomic E-state index is -0.308. The van der Waals surface area contributed by atoms with Crippen molar-refractivity contribution in [3.8, 4) is 0 Å². The molecule has 86 valence electrons. The first kappa shape index (κ1) is 11.6. The lowest BCUT2D eigenvalue weighted by Gasteiger charge is -2.20. The number of hydrogen-bond donors (Lipinski definition) is 1. The van der Waals surface area contributed by atoms with Gasteiger partial charge in [0.1, 0.15) is 0 Å². The lowest BCUT2D eigenvalue weighted by molar-refractivity contribution is 0.0522. The lowest BCUT2D eigenvalue weighted by atomic mass is 10.2. The van der Waals surface area contributed by atoms with Crippen LogP contribution in [0.25, 0.3) is 0 Å². The molecule has 16 heavy (non-hydrogen) atoms. The topological polar surface area (TPSA) is 38.3 Å². The van der Waals surface area contributed by atoms with E-state index in [0.29, 0.717) is 17.2 Å². The Kier molecular flexibility index (Phi) is 3.61. The van der Waals surface area contributed by atoms with Crippen molar-refractivity contribution in [1.29, 1.82) is 0 Å². The predicted octanol–water partition coefficient (Wildman–Crippen LogP) is 3.03. The summed E-state index contributed by atoms with van der Waals surface area (Å²) in [6, 6.07) is 3.50. The Labute approximate surface area is 104 Å². The van der Waals surface area contributed by atoms with Crippen LogP contribution in [0.2, 0.25) is 5.02 Å². The molecule has 0 saturated carbocycles. The fourth-order valence-electron chi connectivity index (χ4n) is 1.58. The second-order valence-corrected chi connectivity index (χ2v) is 4.87. The molecule has 5 heteroatoms. The lowest BCUT2D eigenvalue weighted by Crippen LogP contribution is -2.14. The van der Waals surface area contributed by atoms with Crippen molar-refractivity contribution < 1.29 is 9.53 Å². The predicted molar refractivity (Wildman–Crippen MR) is 66.6 cm³/mol. The minimum Gasteiger partial charge on any atom is -0.462 e. The second kappa shape index (κ2) is 4.97. The zero-order chi connectivity index (χ0) is 11.5. The normalized spacial score (nSPS) is 13.9. The Morgan fingerprint density at radius 3 is 3.19 bits per heavy atom. The summed E-state index contributed by atoms with van der Waals surface area (Å²) in [5, 5.41) is 3.78. The maximum Gasteiger partial charge on any atom is 0.339 e. The highest BCUT2D eigenvalue weighted by atomic mass is 35.5. The zero-order valence-electron chi connectivity index (χ0n) is 8.88. The summed E-state index contributed by atoms with van der Waals surface area (Å²) < 4.78 is 5.01. The molecule has 0 atom stereocenters. The molecule has 1 aliphatic rings. The number of carbonyl (C=O) groups excluding carboxylic acids is 1. The standard InChI is InChI=1S/C11H12ClNO2S/c1-2-15-11(14)8-5-7(12)6-9-10(8)16-4-3-13-9/h5-6,13H,2-4H2,1H3. The molecule has 0 radical (unpaired) electrons. The molecule has 0 fully saturated rings. The highest BCUT2D eigenvalue weighted by Gasteiger charge is 2.20. The van der Waals surface area contributed by atoms with Crippen molar-refractivity contribution in [1.82, 2.24) is 0 Å². The van der Waals surface area contributed by atoms with Crippen molar-refractivity contribution in [3.05, 3.63) is 22.7 Å². The quantitative estimate of drug-likeness (QED) is 0.827. The van der Waals surface area contributed by atoms with Crippen molar-refractivity contribution in [3.63, 3.8) is 0 Å². The molecular formula is C11H12ClNO2S. The van der Waals surface area contributed by atoms with Gasteiger partial charge < -0.3 is 10.1 Å². The average Bonchev–Trinajstić information content (AvgIpc) is 2.28. The number of nitrogens with one attached hydrogen (secondary N) is 1. The number of hydrogen-bond acceptors (Lipinski definition) is 4. The van der Waals surface area contributed by atoms with Gasteiger partial charge in [0.2, 0.25) is 0 Å². The molecule has 1 aliphatic heterocycles. The van der Waals surface area contributed by atoms with E-state index in [0.717, 1.165) is 22.9 Å². The Bertz CT molecular complexity index is 423. The molecule has 0 saturated heterocycles. The molecule has 3 nitrogen and oxygen atoms in total. The van der Waals surface area contributed by atoms with Crippen LogP contribution in [0.5, 0.6) is 0 Å². The molecule has 1 aromatic rings. The fourth-order valence-corrected chi connectivity index (χ4v) is 2.79. The number of rotatable bonds is 2. The molecule has 0 bridgehead atoms. The van der Waals surface area contributed by atoms with Gasteiger partial charge in [-0.3, -0.25) is 0 Å². The van der Waals surface area contributed by atoms with Gasteiger partial charge in [-0.05, 0) is 19.1 Å². The van der Waals surface area contributed by atoms with Crippen LogP contribution in [0, 0.1) is 0 Å². The third-order valence-corrected chi connectivity index (χ3v) is 3.57. The van der Waals surface area contributed by atoms with Gasteiger partial charge in [0, 0.05) is 22.2 Å². The number of esters is 1. The molecule has 0 aromatic heterocycles. The molecule has 2 rings (SSSR count). The van der Waals surface area contributed by atoms with Crippen LogP contribution in [0.1, 0.15) is 17.3 Å². The van der Waals surface area contributed by atoms with Crippen LogP contribution in [0.15, 0.2) is 17.0 Å². The average molecular weight is 258 g/mol. The number of anilines is 1. The van der Waals surface area contributed by atoms with E-state index < -0.39 is 0 Å². The van der Waals surface area contributed by atoms with Crippen LogP contribution in [0.4, 0.5) is 5.69 Å². The minimum absolute atomic E-state index is 0.308. The number of carbonyl (C=O) groups is 1. The van der Waals surface area contributed by atoms with Gasteiger partial charge in [0.15, 0.2) is 0 Å². The van der Waals surface area contributed by atoms with Crippen LogP contribution in [-0.2, 0) is 4.74 Å². The molecule has 0 aliphatic carbocycles. The summed E-state index contributed by atoms with van der Waals surface area (Å²) in [6.45, 7) is 3.05. The summed E-state index contributed by atoms with van der Waals surface area (Å²) in [4.78, 5) is 12.7.